The van der Waals surface area contributed by atoms with Crippen molar-refractivity contribution in [1.29, 1.82) is 0 Å². The van der Waals surface area contributed by atoms with E-state index in [9.17, 15) is 31.5 Å². The molecule has 31 heavy (non-hydrogen) atoms. The van der Waals surface area contributed by atoms with Gasteiger partial charge in [0, 0.05) is 12.1 Å². The highest BCUT2D eigenvalue weighted by atomic mass is 32.2. The third-order valence-electron chi connectivity index (χ3n) is 3.61. The van der Waals surface area contributed by atoms with Crippen LogP contribution in [-0.2, 0) is 16.2 Å². The van der Waals surface area contributed by atoms with E-state index >= 15 is 0 Å². The fraction of sp³-hybridized carbons (Fsp3) is 0.421. The number of alkyl halides is 3. The molecule has 1 heterocycles. The summed E-state index contributed by atoms with van der Waals surface area (Å²) in [6.07, 6.45) is -5.76. The number of benzene rings is 1. The van der Waals surface area contributed by atoms with E-state index in [0.717, 1.165) is 24.3 Å². The Morgan fingerprint density at radius 3 is 2.48 bits per heavy atom. The molecule has 3 N–H and O–H groups in total. The maximum Gasteiger partial charge on any atom is 0.416 e. The normalized spacial score (nSPS) is 13.6. The summed E-state index contributed by atoms with van der Waals surface area (Å²) in [4.78, 5) is 12.1. The minimum absolute atomic E-state index is 0.0903. The summed E-state index contributed by atoms with van der Waals surface area (Å²) in [5.74, 6) is -1.16. The number of aliphatic hydroxyl groups is 1. The van der Waals surface area contributed by atoms with E-state index in [-0.39, 0.29) is 24.7 Å². The molecule has 1 atom stereocenters. The number of hydrogen-bond acceptors (Lipinski definition) is 6. The third kappa shape index (κ3) is 7.56. The quantitative estimate of drug-likeness (QED) is 0.553. The fourth-order valence-electron chi connectivity index (χ4n) is 2.35. The summed E-state index contributed by atoms with van der Waals surface area (Å²) in [5.41, 5.74) is -1.64. The lowest BCUT2D eigenvalue weighted by atomic mass is 10.1. The maximum atomic E-state index is 12.7. The van der Waals surface area contributed by atoms with Gasteiger partial charge < -0.3 is 19.6 Å². The number of sulfonamides is 1. The van der Waals surface area contributed by atoms with Gasteiger partial charge in [0.15, 0.2) is 5.76 Å². The predicted octanol–water partition coefficient (Wildman–Crippen LogP) is 2.54. The predicted molar refractivity (Wildman–Crippen MR) is 104 cm³/mol. The highest BCUT2D eigenvalue weighted by Gasteiger charge is 2.30. The molecule has 0 saturated carbocycles. The van der Waals surface area contributed by atoms with Crippen LogP contribution < -0.4 is 14.8 Å². The minimum Gasteiger partial charge on any atom is -0.491 e. The van der Waals surface area contributed by atoms with Crippen molar-refractivity contribution in [2.75, 3.05) is 13.2 Å². The fourth-order valence-corrected chi connectivity index (χ4v) is 3.70. The topological polar surface area (TPSA) is 118 Å². The molecule has 0 aliphatic carbocycles. The van der Waals surface area contributed by atoms with Gasteiger partial charge >= 0.3 is 6.18 Å². The van der Waals surface area contributed by atoms with Crippen LogP contribution in [0.25, 0.3) is 0 Å². The monoisotopic (exact) mass is 464 g/mol. The van der Waals surface area contributed by atoms with Gasteiger partial charge in [-0.1, -0.05) is 6.07 Å². The molecule has 12 heteroatoms. The molecule has 1 aromatic heterocycles. The number of amides is 1. The van der Waals surface area contributed by atoms with Crippen molar-refractivity contribution >= 4 is 15.9 Å². The first kappa shape index (κ1) is 24.7. The first-order valence-electron chi connectivity index (χ1n) is 9.07. The Kier molecular flexibility index (Phi) is 7.40. The van der Waals surface area contributed by atoms with Gasteiger partial charge in [-0.15, -0.1) is 0 Å². The lowest BCUT2D eigenvalue weighted by Crippen LogP contribution is -2.40. The van der Waals surface area contributed by atoms with Gasteiger partial charge in [-0.25, -0.2) is 13.1 Å². The summed E-state index contributed by atoms with van der Waals surface area (Å²) in [5, 5.41) is 11.8. The van der Waals surface area contributed by atoms with Gasteiger partial charge in [-0.05, 0) is 51.1 Å². The van der Waals surface area contributed by atoms with Gasteiger partial charge in [0.2, 0.25) is 5.09 Å². The van der Waals surface area contributed by atoms with Crippen molar-refractivity contribution in [3.8, 4) is 5.75 Å². The van der Waals surface area contributed by atoms with Crippen LogP contribution in [0.2, 0.25) is 0 Å². The number of furan rings is 1. The van der Waals surface area contributed by atoms with Crippen molar-refractivity contribution in [1.82, 2.24) is 10.0 Å². The van der Waals surface area contributed by atoms with E-state index in [2.05, 4.69) is 10.0 Å². The Bertz CT molecular complexity index is 1010. The zero-order chi connectivity index (χ0) is 23.4. The van der Waals surface area contributed by atoms with Crippen LogP contribution in [0.1, 0.15) is 36.9 Å². The summed E-state index contributed by atoms with van der Waals surface area (Å²) in [6.45, 7) is 4.24. The van der Waals surface area contributed by atoms with Crippen LogP contribution in [0, 0.1) is 0 Å². The molecule has 1 unspecified atom stereocenters. The number of carbonyl (C=O) groups is 1. The summed E-state index contributed by atoms with van der Waals surface area (Å²) in [6, 6.07) is 6.44. The second-order valence-electron chi connectivity index (χ2n) is 7.67. The number of halogens is 3. The molecule has 0 spiro atoms. The Labute approximate surface area is 177 Å². The Morgan fingerprint density at radius 2 is 1.87 bits per heavy atom. The first-order chi connectivity index (χ1) is 14.2. The first-order valence-corrected chi connectivity index (χ1v) is 10.6. The van der Waals surface area contributed by atoms with Crippen LogP contribution in [0.15, 0.2) is 45.9 Å². The average molecular weight is 464 g/mol. The molecule has 1 aromatic carbocycles. The van der Waals surface area contributed by atoms with E-state index in [1.54, 1.807) is 20.8 Å². The maximum absolute atomic E-state index is 12.7. The van der Waals surface area contributed by atoms with Gasteiger partial charge in [0.05, 0.1) is 5.56 Å². The molecule has 8 nitrogen and oxygen atoms in total. The van der Waals surface area contributed by atoms with Crippen LogP contribution in [0.4, 0.5) is 13.2 Å². The Morgan fingerprint density at radius 1 is 1.19 bits per heavy atom. The Balaban J connectivity index is 1.88. The number of rotatable bonds is 8. The van der Waals surface area contributed by atoms with E-state index in [0.29, 0.717) is 0 Å². The molecule has 0 aliphatic heterocycles. The molecule has 0 radical (unpaired) electrons. The molecule has 2 rings (SSSR count). The molecule has 0 bridgehead atoms. The molecule has 2 aromatic rings. The number of ether oxygens (including phenoxy) is 1. The third-order valence-corrected chi connectivity index (χ3v) is 5.24. The lowest BCUT2D eigenvalue weighted by Gasteiger charge is -2.19. The molecule has 1 amide bonds. The van der Waals surface area contributed by atoms with E-state index < -0.39 is 44.4 Å². The highest BCUT2D eigenvalue weighted by Crippen LogP contribution is 2.31. The van der Waals surface area contributed by atoms with Crippen molar-refractivity contribution in [2.24, 2.45) is 0 Å². The molecular formula is C19H23F3N2O6S. The zero-order valence-corrected chi connectivity index (χ0v) is 17.8. The SMILES string of the molecule is CC(C)(C)NS(=O)(=O)c1ccc(C(=O)NCC(O)COc2cccc(C(F)(F)F)c2)o1. The molecular weight excluding hydrogens is 441 g/mol. The average Bonchev–Trinajstić information content (AvgIpc) is 3.13. The molecule has 0 saturated heterocycles. The second-order valence-corrected chi connectivity index (χ2v) is 9.29. The van der Waals surface area contributed by atoms with Crippen molar-refractivity contribution in [2.45, 2.75) is 43.7 Å². The van der Waals surface area contributed by atoms with Crippen LogP contribution >= 0.6 is 0 Å². The molecule has 0 aliphatic rings. The zero-order valence-electron chi connectivity index (χ0n) is 17.0. The van der Waals surface area contributed by atoms with Crippen molar-refractivity contribution in [3.63, 3.8) is 0 Å². The van der Waals surface area contributed by atoms with Crippen molar-refractivity contribution in [3.05, 3.63) is 47.7 Å². The Hall–Kier alpha value is -2.57. The lowest BCUT2D eigenvalue weighted by molar-refractivity contribution is -0.137. The number of carbonyl (C=O) groups excluding carboxylic acids is 1. The van der Waals surface area contributed by atoms with Crippen LogP contribution in [-0.4, -0.2) is 44.2 Å². The van der Waals surface area contributed by atoms with E-state index in [1.165, 1.54) is 12.1 Å². The number of aliphatic hydroxyl groups excluding tert-OH is 1. The van der Waals surface area contributed by atoms with E-state index in [4.69, 9.17) is 9.15 Å². The van der Waals surface area contributed by atoms with Gasteiger partial charge in [0.25, 0.3) is 15.9 Å². The van der Waals surface area contributed by atoms with Crippen LogP contribution in [0.5, 0.6) is 5.75 Å². The van der Waals surface area contributed by atoms with Crippen molar-refractivity contribution < 1.29 is 40.6 Å². The largest absolute Gasteiger partial charge is 0.491 e. The van der Waals surface area contributed by atoms with E-state index in [1.807, 2.05) is 0 Å². The minimum atomic E-state index is -4.52. The number of nitrogens with one attached hydrogen (secondary N) is 2. The van der Waals surface area contributed by atoms with Gasteiger partial charge in [0.1, 0.15) is 18.5 Å². The molecule has 172 valence electrons. The second kappa shape index (κ2) is 9.28. The van der Waals surface area contributed by atoms with Gasteiger partial charge in [-0.2, -0.15) is 13.2 Å². The standard InChI is InChI=1S/C19H23F3N2O6S/c1-18(2,3)24-31(27,28)16-8-7-15(30-16)17(26)23-10-13(25)11-29-14-6-4-5-12(9-14)19(20,21)22/h4-9,13,24-25H,10-11H2,1-3H3,(H,23,26). The smallest absolute Gasteiger partial charge is 0.416 e. The number of hydrogen-bond donors (Lipinski definition) is 3. The van der Waals surface area contributed by atoms with Crippen LogP contribution in [0.3, 0.4) is 0 Å². The highest BCUT2D eigenvalue weighted by molar-refractivity contribution is 7.89. The molecule has 0 fully saturated rings. The summed E-state index contributed by atoms with van der Waals surface area (Å²) in [7, 11) is -3.96. The summed E-state index contributed by atoms with van der Waals surface area (Å²) < 4.78 is 75.0. The van der Waals surface area contributed by atoms with Gasteiger partial charge in [-0.3, -0.25) is 4.79 Å². The summed E-state index contributed by atoms with van der Waals surface area (Å²) >= 11 is 0.